The molecule has 0 fully saturated rings. The zero-order valence-electron chi connectivity index (χ0n) is 5.14. The van der Waals surface area contributed by atoms with Crippen molar-refractivity contribution in [2.24, 2.45) is 0 Å². The maximum atomic E-state index is 9.07. The van der Waals surface area contributed by atoms with Crippen LogP contribution in [0.2, 0.25) is 0 Å². The maximum absolute atomic E-state index is 9.07. The minimum Gasteiger partial charge on any atom is -1.00 e. The van der Waals surface area contributed by atoms with Crippen LogP contribution in [0.15, 0.2) is 0 Å². The van der Waals surface area contributed by atoms with Crippen LogP contribution in [-0.4, -0.2) is 44.1 Å². The van der Waals surface area contributed by atoms with E-state index in [-0.39, 0.29) is 40.6 Å². The molecule has 0 rings (SSSR count). The maximum Gasteiger partial charge on any atom is 2.00 e. The van der Waals surface area contributed by atoms with Gasteiger partial charge in [0.15, 0.2) is 6.19 Å². The molecule has 0 aromatic carbocycles. The molecule has 0 aliphatic rings. The molecule has 0 aromatic rings. The first kappa shape index (κ1) is 9.52. The number of rotatable bonds is 1. The first-order chi connectivity index (χ1) is 2.41. The molecule has 0 atom stereocenters. The average Bonchev–Trinajstić information content (AvgIpc) is 1.41. The van der Waals surface area contributed by atoms with Gasteiger partial charge in [0.2, 0.25) is 6.41 Å². The van der Waals surface area contributed by atoms with Gasteiger partial charge in [-0.1, -0.05) is 0 Å². The Bertz CT molecular complexity index is 72.9. The Hall–Kier alpha value is 0.220. The molecule has 0 saturated heterocycles. The van der Waals surface area contributed by atoms with Crippen LogP contribution in [0.1, 0.15) is 2.85 Å². The molecule has 4 heteroatoms. The Morgan fingerprint density at radius 2 is 2.50 bits per heavy atom. The normalized spacial score (nSPS) is 3.83. The first-order valence-corrected chi connectivity index (χ1v) is 0.998. The summed E-state index contributed by atoms with van der Waals surface area (Å²) in [5.41, 5.74) is 0. The second-order valence-corrected chi connectivity index (χ2v) is 0.374. The predicted molar refractivity (Wildman–Crippen MR) is 22.8 cm³/mol. The number of carbonyl (C=O) groups excluding carboxylic acids is 1. The van der Waals surface area contributed by atoms with E-state index in [0.29, 0.717) is 6.41 Å². The standard InChI is InChI=1S/C2H2N2O.Ca.2H/c3-1-4-2-5;;;/h2H,(H,4,5);;;/q;+2;2*-1. The zero-order valence-corrected chi connectivity index (χ0v) is 5.35. The van der Waals surface area contributed by atoms with Gasteiger partial charge in [0, 0.05) is 0 Å². The third kappa shape index (κ3) is 8.88. The van der Waals surface area contributed by atoms with Crippen LogP contribution < -0.4 is 5.32 Å². The SMILES string of the molecule is N#CNC=O.[Ca+2].[H-].[H-]. The number of nitrogens with zero attached hydrogens (tertiary/aromatic N) is 1. The molecule has 0 saturated carbocycles. The number of hydrogen-bond donors (Lipinski definition) is 1. The van der Waals surface area contributed by atoms with Crippen LogP contribution in [0, 0.1) is 11.5 Å². The molecule has 0 bridgehead atoms. The first-order valence-electron chi connectivity index (χ1n) is 0.998. The zero-order chi connectivity index (χ0) is 4.12. The van der Waals surface area contributed by atoms with Crippen molar-refractivity contribution >= 4 is 44.1 Å². The van der Waals surface area contributed by atoms with Crippen molar-refractivity contribution in [2.45, 2.75) is 0 Å². The van der Waals surface area contributed by atoms with Crippen LogP contribution in [-0.2, 0) is 4.79 Å². The summed E-state index contributed by atoms with van der Waals surface area (Å²) in [6, 6.07) is 0. The Morgan fingerprint density at radius 3 is 2.50 bits per heavy atom. The minimum atomic E-state index is 0. The van der Waals surface area contributed by atoms with E-state index in [9.17, 15) is 0 Å². The third-order valence-electron chi connectivity index (χ3n) is 0.123. The van der Waals surface area contributed by atoms with Gasteiger partial charge in [-0.25, -0.2) is 0 Å². The van der Waals surface area contributed by atoms with E-state index in [1.807, 2.05) is 0 Å². The van der Waals surface area contributed by atoms with Crippen LogP contribution in [0.25, 0.3) is 0 Å². The molecule has 30 valence electrons. The second-order valence-electron chi connectivity index (χ2n) is 0.374. The average molecular weight is 112 g/mol. The molecular weight excluding hydrogens is 108 g/mol. The fourth-order valence-electron chi connectivity index (χ4n) is 0.0264. The van der Waals surface area contributed by atoms with E-state index >= 15 is 0 Å². The summed E-state index contributed by atoms with van der Waals surface area (Å²) in [5, 5.41) is 9.21. The van der Waals surface area contributed by atoms with Crippen molar-refractivity contribution in [2.75, 3.05) is 0 Å². The van der Waals surface area contributed by atoms with Crippen molar-refractivity contribution in [3.8, 4) is 6.19 Å². The molecule has 3 nitrogen and oxygen atoms in total. The minimum absolute atomic E-state index is 0. The van der Waals surface area contributed by atoms with E-state index in [0.717, 1.165) is 0 Å². The van der Waals surface area contributed by atoms with Crippen LogP contribution >= 0.6 is 0 Å². The molecule has 0 aromatic heterocycles. The Morgan fingerprint density at radius 1 is 2.00 bits per heavy atom. The van der Waals surface area contributed by atoms with Crippen molar-refractivity contribution < 1.29 is 7.65 Å². The fourth-order valence-corrected chi connectivity index (χ4v) is 0.0264. The fraction of sp³-hybridized carbons (Fsp3) is 0. The van der Waals surface area contributed by atoms with Gasteiger partial charge in [-0.05, 0) is 0 Å². The monoisotopic (exact) mass is 112 g/mol. The molecular formula is C2H4CaN2O. The van der Waals surface area contributed by atoms with Gasteiger partial charge in [-0.2, -0.15) is 5.26 Å². The topological polar surface area (TPSA) is 52.9 Å². The van der Waals surface area contributed by atoms with Gasteiger partial charge < -0.3 is 2.85 Å². The van der Waals surface area contributed by atoms with Gasteiger partial charge in [-0.3, -0.25) is 10.1 Å². The van der Waals surface area contributed by atoms with Gasteiger partial charge >= 0.3 is 37.7 Å². The van der Waals surface area contributed by atoms with Crippen LogP contribution in [0.4, 0.5) is 0 Å². The number of carbonyl (C=O) groups is 1. The van der Waals surface area contributed by atoms with Gasteiger partial charge in [0.25, 0.3) is 0 Å². The van der Waals surface area contributed by atoms with Crippen molar-refractivity contribution in [1.82, 2.24) is 5.32 Å². The number of hydrogen-bond acceptors (Lipinski definition) is 2. The molecule has 0 spiro atoms. The summed E-state index contributed by atoms with van der Waals surface area (Å²) >= 11 is 0. The Kier molecular flexibility index (Phi) is 14.2. The van der Waals surface area contributed by atoms with Crippen LogP contribution in [0.5, 0.6) is 0 Å². The molecule has 0 aliphatic carbocycles. The predicted octanol–water partition coefficient (Wildman–Crippen LogP) is -0.942. The third-order valence-corrected chi connectivity index (χ3v) is 0.123. The molecule has 0 unspecified atom stereocenters. The quantitative estimate of drug-likeness (QED) is 0.206. The largest absolute Gasteiger partial charge is 2.00 e. The summed E-state index contributed by atoms with van der Waals surface area (Å²) in [6.45, 7) is 0. The van der Waals surface area contributed by atoms with Crippen molar-refractivity contribution in [3.05, 3.63) is 0 Å². The molecule has 0 aliphatic heterocycles. The molecule has 1 amide bonds. The van der Waals surface area contributed by atoms with Gasteiger partial charge in [-0.15, -0.1) is 0 Å². The second kappa shape index (κ2) is 8.97. The summed E-state index contributed by atoms with van der Waals surface area (Å²) in [4.78, 5) is 9.07. The summed E-state index contributed by atoms with van der Waals surface area (Å²) in [6.07, 6.45) is 1.72. The summed E-state index contributed by atoms with van der Waals surface area (Å²) < 4.78 is 0. The number of amides is 1. The van der Waals surface area contributed by atoms with E-state index in [1.165, 1.54) is 6.19 Å². The van der Waals surface area contributed by atoms with E-state index in [2.05, 4.69) is 0 Å². The van der Waals surface area contributed by atoms with E-state index < -0.39 is 0 Å². The molecule has 0 radical (unpaired) electrons. The smallest absolute Gasteiger partial charge is 1.00 e. The Balaban J connectivity index is -0.0000000267. The van der Waals surface area contributed by atoms with Gasteiger partial charge in [0.1, 0.15) is 0 Å². The van der Waals surface area contributed by atoms with E-state index in [1.54, 1.807) is 5.32 Å². The van der Waals surface area contributed by atoms with Crippen molar-refractivity contribution in [1.29, 1.82) is 5.26 Å². The molecule has 1 N–H and O–H groups in total. The summed E-state index contributed by atoms with van der Waals surface area (Å²) in [7, 11) is 0. The van der Waals surface area contributed by atoms with E-state index in [4.69, 9.17) is 10.1 Å². The van der Waals surface area contributed by atoms with Gasteiger partial charge in [0.05, 0.1) is 0 Å². The Labute approximate surface area is 68.3 Å². The molecule has 6 heavy (non-hydrogen) atoms. The summed E-state index contributed by atoms with van der Waals surface area (Å²) in [5.74, 6) is 0. The van der Waals surface area contributed by atoms with Crippen molar-refractivity contribution in [3.63, 3.8) is 0 Å². The molecule has 0 heterocycles. The number of nitrogens with one attached hydrogen (secondary N) is 1. The number of nitriles is 1. The van der Waals surface area contributed by atoms with Crippen LogP contribution in [0.3, 0.4) is 0 Å².